The molecule has 0 aliphatic heterocycles. The van der Waals surface area contributed by atoms with Crippen LogP contribution in [-0.4, -0.2) is 25.8 Å². The minimum Gasteiger partial charge on any atom is -0.496 e. The standard InChI is InChI=1S/C10H13BrClNO2/c1-13-5-8(14)7-3-6(12)4-9(15-2)10(7)11/h3-4,8,13-14H,5H2,1-2H3. The number of halogens is 2. The van der Waals surface area contributed by atoms with Gasteiger partial charge in [0, 0.05) is 17.1 Å². The van der Waals surface area contributed by atoms with Crippen LogP contribution in [-0.2, 0) is 0 Å². The average molecular weight is 295 g/mol. The first kappa shape index (κ1) is 12.8. The lowest BCUT2D eigenvalue weighted by molar-refractivity contribution is 0.176. The van der Waals surface area contributed by atoms with Crippen molar-refractivity contribution >= 4 is 27.5 Å². The van der Waals surface area contributed by atoms with Gasteiger partial charge in [0.1, 0.15) is 5.75 Å². The smallest absolute Gasteiger partial charge is 0.134 e. The Morgan fingerprint density at radius 3 is 2.80 bits per heavy atom. The fourth-order valence-corrected chi connectivity index (χ4v) is 2.15. The number of aliphatic hydroxyl groups is 1. The third-order valence-corrected chi connectivity index (χ3v) is 3.08. The van der Waals surface area contributed by atoms with E-state index in [1.165, 1.54) is 0 Å². The molecule has 0 bridgehead atoms. The highest BCUT2D eigenvalue weighted by Crippen LogP contribution is 2.35. The third-order valence-electron chi connectivity index (χ3n) is 2.01. The Morgan fingerprint density at radius 2 is 2.27 bits per heavy atom. The Labute approximate surface area is 103 Å². The Balaban J connectivity index is 3.11. The highest BCUT2D eigenvalue weighted by atomic mass is 79.9. The van der Waals surface area contributed by atoms with E-state index in [4.69, 9.17) is 16.3 Å². The minimum absolute atomic E-state index is 0.460. The van der Waals surface area contributed by atoms with Gasteiger partial charge in [-0.2, -0.15) is 0 Å². The number of ether oxygens (including phenoxy) is 1. The lowest BCUT2D eigenvalue weighted by Crippen LogP contribution is -2.17. The first-order chi connectivity index (χ1) is 7.10. The number of hydrogen-bond donors (Lipinski definition) is 2. The number of aliphatic hydroxyl groups excluding tert-OH is 1. The van der Waals surface area contributed by atoms with Crippen molar-refractivity contribution in [2.75, 3.05) is 20.7 Å². The van der Waals surface area contributed by atoms with Gasteiger partial charge in [-0.15, -0.1) is 0 Å². The van der Waals surface area contributed by atoms with Gasteiger partial charge in [-0.05, 0) is 35.1 Å². The van der Waals surface area contributed by atoms with Crippen LogP contribution in [0.3, 0.4) is 0 Å². The lowest BCUT2D eigenvalue weighted by Gasteiger charge is -2.15. The van der Waals surface area contributed by atoms with E-state index in [9.17, 15) is 5.11 Å². The van der Waals surface area contributed by atoms with E-state index in [2.05, 4.69) is 21.2 Å². The van der Waals surface area contributed by atoms with E-state index >= 15 is 0 Å². The van der Waals surface area contributed by atoms with Crippen molar-refractivity contribution in [3.05, 3.63) is 27.2 Å². The van der Waals surface area contributed by atoms with E-state index in [1.54, 1.807) is 26.3 Å². The molecule has 1 rings (SSSR count). The summed E-state index contributed by atoms with van der Waals surface area (Å²) in [5.74, 6) is 0.618. The number of hydrogen-bond acceptors (Lipinski definition) is 3. The summed E-state index contributed by atoms with van der Waals surface area (Å²) in [4.78, 5) is 0. The third kappa shape index (κ3) is 3.08. The second-order valence-corrected chi connectivity index (χ2v) is 4.31. The molecule has 3 nitrogen and oxygen atoms in total. The quantitative estimate of drug-likeness (QED) is 0.896. The number of nitrogens with one attached hydrogen (secondary N) is 1. The van der Waals surface area contributed by atoms with Crippen LogP contribution in [0.25, 0.3) is 0 Å². The number of methoxy groups -OCH3 is 1. The Kier molecular flexibility index (Phi) is 4.86. The molecular formula is C10H13BrClNO2. The van der Waals surface area contributed by atoms with E-state index < -0.39 is 6.10 Å². The molecule has 1 atom stereocenters. The van der Waals surface area contributed by atoms with Gasteiger partial charge in [0.25, 0.3) is 0 Å². The maximum absolute atomic E-state index is 9.84. The normalized spacial score (nSPS) is 12.6. The summed E-state index contributed by atoms with van der Waals surface area (Å²) in [5.41, 5.74) is 0.716. The molecule has 1 aromatic rings. The molecule has 0 radical (unpaired) electrons. The summed E-state index contributed by atoms with van der Waals surface area (Å²) < 4.78 is 5.87. The van der Waals surface area contributed by atoms with Gasteiger partial charge in [0.15, 0.2) is 0 Å². The van der Waals surface area contributed by atoms with Gasteiger partial charge >= 0.3 is 0 Å². The second-order valence-electron chi connectivity index (χ2n) is 3.08. The molecule has 0 saturated heterocycles. The van der Waals surface area contributed by atoms with Gasteiger partial charge in [-0.25, -0.2) is 0 Å². The molecule has 2 N–H and O–H groups in total. The van der Waals surface area contributed by atoms with Crippen LogP contribution >= 0.6 is 27.5 Å². The lowest BCUT2D eigenvalue weighted by atomic mass is 10.1. The van der Waals surface area contributed by atoms with Gasteiger partial charge in [0.2, 0.25) is 0 Å². The van der Waals surface area contributed by atoms with Crippen LogP contribution < -0.4 is 10.1 Å². The number of rotatable bonds is 4. The van der Waals surface area contributed by atoms with Crippen molar-refractivity contribution in [2.24, 2.45) is 0 Å². The number of likely N-dealkylation sites (N-methyl/N-ethyl adjacent to an activating group) is 1. The summed E-state index contributed by atoms with van der Waals surface area (Å²) in [5, 5.41) is 13.3. The molecule has 1 unspecified atom stereocenters. The van der Waals surface area contributed by atoms with Crippen molar-refractivity contribution in [1.82, 2.24) is 5.32 Å². The first-order valence-electron chi connectivity index (χ1n) is 4.45. The molecule has 0 aromatic heterocycles. The van der Waals surface area contributed by atoms with E-state index in [0.717, 1.165) is 4.47 Å². The van der Waals surface area contributed by atoms with Crippen molar-refractivity contribution in [3.63, 3.8) is 0 Å². The summed E-state index contributed by atoms with van der Waals surface area (Å²) in [7, 11) is 3.34. The zero-order valence-corrected chi connectivity index (χ0v) is 10.9. The fraction of sp³-hybridized carbons (Fsp3) is 0.400. The zero-order valence-electron chi connectivity index (χ0n) is 8.55. The molecule has 5 heteroatoms. The van der Waals surface area contributed by atoms with E-state index in [0.29, 0.717) is 22.9 Å². The molecule has 1 aromatic carbocycles. The maximum atomic E-state index is 9.84. The largest absolute Gasteiger partial charge is 0.496 e. The SMILES string of the molecule is CNCC(O)c1cc(Cl)cc(OC)c1Br. The number of benzene rings is 1. The monoisotopic (exact) mass is 293 g/mol. The van der Waals surface area contributed by atoms with Gasteiger partial charge in [0.05, 0.1) is 17.7 Å². The Hall–Kier alpha value is -0.290. The van der Waals surface area contributed by atoms with Crippen LogP contribution in [0.15, 0.2) is 16.6 Å². The van der Waals surface area contributed by atoms with Crippen LogP contribution in [0.4, 0.5) is 0 Å². The summed E-state index contributed by atoms with van der Waals surface area (Å²) >= 11 is 9.29. The van der Waals surface area contributed by atoms with Gasteiger partial charge < -0.3 is 15.2 Å². The van der Waals surface area contributed by atoms with Gasteiger partial charge in [-0.3, -0.25) is 0 Å². The molecule has 0 aliphatic carbocycles. The average Bonchev–Trinajstić information content (AvgIpc) is 2.21. The highest BCUT2D eigenvalue weighted by molar-refractivity contribution is 9.10. The van der Waals surface area contributed by atoms with Crippen molar-refractivity contribution in [1.29, 1.82) is 0 Å². The fourth-order valence-electron chi connectivity index (χ4n) is 1.28. The summed E-state index contributed by atoms with van der Waals surface area (Å²) in [6.07, 6.45) is -0.614. The summed E-state index contributed by atoms with van der Waals surface area (Å²) in [6.45, 7) is 0.460. The molecule has 15 heavy (non-hydrogen) atoms. The predicted molar refractivity (Wildman–Crippen MR) is 64.6 cm³/mol. The van der Waals surface area contributed by atoms with Crippen LogP contribution in [0.2, 0.25) is 5.02 Å². The van der Waals surface area contributed by atoms with Crippen molar-refractivity contribution in [3.8, 4) is 5.75 Å². The van der Waals surface area contributed by atoms with Crippen LogP contribution in [0.5, 0.6) is 5.75 Å². The van der Waals surface area contributed by atoms with Crippen LogP contribution in [0.1, 0.15) is 11.7 Å². The second kappa shape index (κ2) is 5.70. The maximum Gasteiger partial charge on any atom is 0.134 e. The molecule has 84 valence electrons. The topological polar surface area (TPSA) is 41.5 Å². The van der Waals surface area contributed by atoms with Crippen LogP contribution in [0, 0.1) is 0 Å². The molecule has 0 saturated carbocycles. The van der Waals surface area contributed by atoms with Crippen molar-refractivity contribution < 1.29 is 9.84 Å². The first-order valence-corrected chi connectivity index (χ1v) is 5.62. The predicted octanol–water partition coefficient (Wildman–Crippen LogP) is 2.36. The van der Waals surface area contributed by atoms with Gasteiger partial charge in [-0.1, -0.05) is 11.6 Å². The Morgan fingerprint density at radius 1 is 1.60 bits per heavy atom. The molecule has 0 fully saturated rings. The zero-order chi connectivity index (χ0) is 11.4. The van der Waals surface area contributed by atoms with E-state index in [-0.39, 0.29) is 0 Å². The summed E-state index contributed by atoms with van der Waals surface area (Å²) in [6, 6.07) is 3.41. The molecule has 0 amide bonds. The molecular weight excluding hydrogens is 281 g/mol. The highest BCUT2D eigenvalue weighted by Gasteiger charge is 2.15. The molecule has 0 spiro atoms. The molecule has 0 aliphatic rings. The van der Waals surface area contributed by atoms with Crippen molar-refractivity contribution in [2.45, 2.75) is 6.10 Å². The molecule has 0 heterocycles. The Bertz CT molecular complexity index is 346. The minimum atomic E-state index is -0.614. The van der Waals surface area contributed by atoms with E-state index in [1.807, 2.05) is 0 Å².